The minimum Gasteiger partial charge on any atom is -0.382 e. The molecule has 1 amide bonds. The van der Waals surface area contributed by atoms with Gasteiger partial charge in [-0.05, 0) is 43.4 Å². The van der Waals surface area contributed by atoms with Crippen LogP contribution in [-0.4, -0.2) is 11.9 Å². The van der Waals surface area contributed by atoms with Gasteiger partial charge in [0.2, 0.25) is 0 Å². The molecule has 1 aliphatic carbocycles. The van der Waals surface area contributed by atoms with Crippen LogP contribution in [0.3, 0.4) is 0 Å². The Morgan fingerprint density at radius 2 is 2.11 bits per heavy atom. The topological polar surface area (TPSA) is 55.1 Å². The van der Waals surface area contributed by atoms with Gasteiger partial charge < -0.3 is 11.1 Å². The third-order valence-corrected chi connectivity index (χ3v) is 3.86. The molecule has 19 heavy (non-hydrogen) atoms. The van der Waals surface area contributed by atoms with Gasteiger partial charge in [-0.3, -0.25) is 4.79 Å². The Morgan fingerprint density at radius 1 is 1.32 bits per heavy atom. The second-order valence-corrected chi connectivity index (χ2v) is 5.51. The lowest BCUT2D eigenvalue weighted by Crippen LogP contribution is -2.19. The fraction of sp³-hybridized carbons (Fsp3) is 0.533. The minimum atomic E-state index is -0.726. The largest absolute Gasteiger partial charge is 0.382 e. The summed E-state index contributed by atoms with van der Waals surface area (Å²) < 4.78 is 13.4. The summed E-state index contributed by atoms with van der Waals surface area (Å²) in [6.07, 6.45) is 5.93. The predicted molar refractivity (Wildman–Crippen MR) is 74.6 cm³/mol. The van der Waals surface area contributed by atoms with Crippen molar-refractivity contribution in [3.05, 3.63) is 29.6 Å². The maximum absolute atomic E-state index is 13.4. The SMILES string of the molecule is CC1CCCC(Nc2ccc(F)c(C(N)=O)c2)CC1. The van der Waals surface area contributed by atoms with E-state index in [-0.39, 0.29) is 5.56 Å². The molecule has 4 heteroatoms. The van der Waals surface area contributed by atoms with Gasteiger partial charge in [0.15, 0.2) is 0 Å². The maximum atomic E-state index is 13.4. The molecule has 0 bridgehead atoms. The average molecular weight is 264 g/mol. The molecule has 1 aliphatic rings. The molecule has 0 heterocycles. The number of carbonyl (C=O) groups excluding carboxylic acids is 1. The Kier molecular flexibility index (Phi) is 4.40. The molecule has 1 aromatic carbocycles. The zero-order valence-electron chi connectivity index (χ0n) is 11.3. The standard InChI is InChI=1S/C15H21FN2O/c1-10-3-2-4-11(6-5-10)18-12-7-8-14(16)13(9-12)15(17)19/h7-11,18H,2-6H2,1H3,(H2,17,19). The molecule has 104 valence electrons. The van der Waals surface area contributed by atoms with Crippen LogP contribution in [0.4, 0.5) is 10.1 Å². The zero-order valence-corrected chi connectivity index (χ0v) is 11.3. The van der Waals surface area contributed by atoms with Crippen molar-refractivity contribution in [2.75, 3.05) is 5.32 Å². The molecule has 2 unspecified atom stereocenters. The highest BCUT2D eigenvalue weighted by molar-refractivity contribution is 5.94. The molecule has 3 nitrogen and oxygen atoms in total. The van der Waals surface area contributed by atoms with Crippen molar-refractivity contribution < 1.29 is 9.18 Å². The highest BCUT2D eigenvalue weighted by Crippen LogP contribution is 2.25. The summed E-state index contributed by atoms with van der Waals surface area (Å²) in [5.41, 5.74) is 5.88. The van der Waals surface area contributed by atoms with E-state index in [2.05, 4.69) is 12.2 Å². The number of hydrogen-bond donors (Lipinski definition) is 2. The summed E-state index contributed by atoms with van der Waals surface area (Å²) in [5.74, 6) is -0.510. The number of nitrogens with one attached hydrogen (secondary N) is 1. The van der Waals surface area contributed by atoms with E-state index >= 15 is 0 Å². The number of rotatable bonds is 3. The minimum absolute atomic E-state index is 0.0491. The summed E-state index contributed by atoms with van der Waals surface area (Å²) in [4.78, 5) is 11.1. The summed E-state index contributed by atoms with van der Waals surface area (Å²) in [6, 6.07) is 4.86. The van der Waals surface area contributed by atoms with E-state index in [4.69, 9.17) is 5.73 Å². The van der Waals surface area contributed by atoms with E-state index in [1.807, 2.05) is 0 Å². The number of nitrogens with two attached hydrogens (primary N) is 1. The Morgan fingerprint density at radius 3 is 2.84 bits per heavy atom. The first kappa shape index (κ1) is 13.8. The Labute approximate surface area is 113 Å². The highest BCUT2D eigenvalue weighted by atomic mass is 19.1. The van der Waals surface area contributed by atoms with Crippen molar-refractivity contribution >= 4 is 11.6 Å². The van der Waals surface area contributed by atoms with Crippen LogP contribution < -0.4 is 11.1 Å². The van der Waals surface area contributed by atoms with Gasteiger partial charge >= 0.3 is 0 Å². The van der Waals surface area contributed by atoms with Gasteiger partial charge in [0, 0.05) is 11.7 Å². The van der Waals surface area contributed by atoms with Gasteiger partial charge in [-0.2, -0.15) is 0 Å². The number of amides is 1. The summed E-state index contributed by atoms with van der Waals surface area (Å²) >= 11 is 0. The fourth-order valence-electron chi connectivity index (χ4n) is 2.67. The second kappa shape index (κ2) is 6.04. The zero-order chi connectivity index (χ0) is 13.8. The van der Waals surface area contributed by atoms with Crippen LogP contribution in [0.15, 0.2) is 18.2 Å². The maximum Gasteiger partial charge on any atom is 0.251 e. The van der Waals surface area contributed by atoms with Crippen LogP contribution in [0.1, 0.15) is 49.4 Å². The van der Waals surface area contributed by atoms with Crippen molar-refractivity contribution in [3.63, 3.8) is 0 Å². The monoisotopic (exact) mass is 264 g/mol. The quantitative estimate of drug-likeness (QED) is 0.823. The molecule has 0 radical (unpaired) electrons. The van der Waals surface area contributed by atoms with Gasteiger partial charge in [-0.1, -0.05) is 19.8 Å². The first-order valence-electron chi connectivity index (χ1n) is 6.92. The molecule has 1 fully saturated rings. The first-order chi connectivity index (χ1) is 9.06. The van der Waals surface area contributed by atoms with Gasteiger partial charge in [-0.25, -0.2) is 4.39 Å². The van der Waals surface area contributed by atoms with Crippen LogP contribution in [0.2, 0.25) is 0 Å². The Bertz CT molecular complexity index is 461. The molecular formula is C15H21FN2O. The lowest BCUT2D eigenvalue weighted by atomic mass is 10.0. The molecule has 2 atom stereocenters. The Hall–Kier alpha value is -1.58. The molecule has 0 aromatic heterocycles. The normalized spacial score (nSPS) is 23.7. The molecular weight excluding hydrogens is 243 g/mol. The fourth-order valence-corrected chi connectivity index (χ4v) is 2.67. The summed E-state index contributed by atoms with van der Waals surface area (Å²) in [5, 5.41) is 3.39. The van der Waals surface area contributed by atoms with E-state index in [0.717, 1.165) is 24.4 Å². The lowest BCUT2D eigenvalue weighted by molar-refractivity contribution is 0.0996. The number of halogens is 1. The molecule has 1 aromatic rings. The summed E-state index contributed by atoms with van der Waals surface area (Å²) in [7, 11) is 0. The van der Waals surface area contributed by atoms with Crippen LogP contribution in [0.5, 0.6) is 0 Å². The van der Waals surface area contributed by atoms with Crippen molar-refractivity contribution in [2.24, 2.45) is 11.7 Å². The number of carbonyl (C=O) groups is 1. The molecule has 3 N–H and O–H groups in total. The second-order valence-electron chi connectivity index (χ2n) is 5.51. The number of benzene rings is 1. The van der Waals surface area contributed by atoms with Gasteiger partial charge in [0.1, 0.15) is 5.82 Å². The predicted octanol–water partition coefficient (Wildman–Crippen LogP) is 3.31. The number of hydrogen-bond acceptors (Lipinski definition) is 2. The van der Waals surface area contributed by atoms with E-state index < -0.39 is 11.7 Å². The van der Waals surface area contributed by atoms with Gasteiger partial charge in [0.05, 0.1) is 5.56 Å². The van der Waals surface area contributed by atoms with E-state index in [1.165, 1.54) is 31.4 Å². The molecule has 2 rings (SSSR count). The number of primary amides is 1. The summed E-state index contributed by atoms with van der Waals surface area (Å²) in [6.45, 7) is 2.28. The van der Waals surface area contributed by atoms with E-state index in [1.54, 1.807) is 6.07 Å². The molecule has 0 saturated heterocycles. The van der Waals surface area contributed by atoms with E-state index in [0.29, 0.717) is 6.04 Å². The van der Waals surface area contributed by atoms with Crippen molar-refractivity contribution in [1.82, 2.24) is 0 Å². The van der Waals surface area contributed by atoms with Crippen molar-refractivity contribution in [3.8, 4) is 0 Å². The molecule has 1 saturated carbocycles. The van der Waals surface area contributed by atoms with Gasteiger partial charge in [-0.15, -0.1) is 0 Å². The van der Waals surface area contributed by atoms with Gasteiger partial charge in [0.25, 0.3) is 5.91 Å². The van der Waals surface area contributed by atoms with Crippen molar-refractivity contribution in [2.45, 2.75) is 45.1 Å². The molecule has 0 spiro atoms. The highest BCUT2D eigenvalue weighted by Gasteiger charge is 2.17. The lowest BCUT2D eigenvalue weighted by Gasteiger charge is -2.18. The first-order valence-corrected chi connectivity index (χ1v) is 6.92. The van der Waals surface area contributed by atoms with E-state index in [9.17, 15) is 9.18 Å². The van der Waals surface area contributed by atoms with Crippen LogP contribution in [0, 0.1) is 11.7 Å². The number of anilines is 1. The smallest absolute Gasteiger partial charge is 0.251 e. The molecule has 0 aliphatic heterocycles. The third kappa shape index (κ3) is 3.69. The Balaban J connectivity index is 2.06. The van der Waals surface area contributed by atoms with Crippen LogP contribution in [0.25, 0.3) is 0 Å². The van der Waals surface area contributed by atoms with Crippen LogP contribution in [-0.2, 0) is 0 Å². The average Bonchev–Trinajstić information content (AvgIpc) is 2.56. The van der Waals surface area contributed by atoms with Crippen LogP contribution >= 0.6 is 0 Å². The van der Waals surface area contributed by atoms with Crippen molar-refractivity contribution in [1.29, 1.82) is 0 Å². The third-order valence-electron chi connectivity index (χ3n) is 3.86.